The van der Waals surface area contributed by atoms with Crippen LogP contribution in [0.1, 0.15) is 6.42 Å². The van der Waals surface area contributed by atoms with Gasteiger partial charge in [0, 0.05) is 30.9 Å². The number of hydrogen-bond donors (Lipinski definition) is 2. The van der Waals surface area contributed by atoms with Crippen LogP contribution >= 0.6 is 11.8 Å². The van der Waals surface area contributed by atoms with Gasteiger partial charge in [0.05, 0.1) is 11.6 Å². The van der Waals surface area contributed by atoms with E-state index in [0.29, 0.717) is 12.2 Å². The molecule has 1 aliphatic heterocycles. The van der Waals surface area contributed by atoms with Gasteiger partial charge in [0.2, 0.25) is 5.91 Å². The van der Waals surface area contributed by atoms with Gasteiger partial charge < -0.3 is 15.2 Å². The summed E-state index contributed by atoms with van der Waals surface area (Å²) in [6.45, 7) is 1.51. The number of anilines is 1. The van der Waals surface area contributed by atoms with E-state index in [0.717, 1.165) is 23.0 Å². The van der Waals surface area contributed by atoms with E-state index in [9.17, 15) is 9.18 Å². The van der Waals surface area contributed by atoms with Crippen LogP contribution in [0.25, 0.3) is 0 Å². The summed E-state index contributed by atoms with van der Waals surface area (Å²) in [4.78, 5) is 17.3. The molecule has 1 atom stereocenters. The molecule has 0 radical (unpaired) electrons. The lowest BCUT2D eigenvalue weighted by Crippen LogP contribution is -2.24. The van der Waals surface area contributed by atoms with Crippen molar-refractivity contribution in [3.8, 4) is 0 Å². The van der Waals surface area contributed by atoms with Crippen molar-refractivity contribution in [2.24, 2.45) is 13.0 Å². The number of halogens is 1. The van der Waals surface area contributed by atoms with Crippen molar-refractivity contribution in [3.05, 3.63) is 36.4 Å². The van der Waals surface area contributed by atoms with Crippen LogP contribution in [0.15, 0.2) is 40.6 Å². The van der Waals surface area contributed by atoms with Crippen molar-refractivity contribution in [2.45, 2.75) is 16.5 Å². The predicted molar refractivity (Wildman–Crippen MR) is 83.3 cm³/mol. The van der Waals surface area contributed by atoms with Gasteiger partial charge in [-0.3, -0.25) is 4.79 Å². The first kappa shape index (κ1) is 15.1. The van der Waals surface area contributed by atoms with Crippen molar-refractivity contribution < 1.29 is 9.18 Å². The molecule has 1 aromatic carbocycles. The molecule has 0 spiro atoms. The van der Waals surface area contributed by atoms with Crippen molar-refractivity contribution in [1.82, 2.24) is 14.9 Å². The van der Waals surface area contributed by atoms with Crippen LogP contribution in [0, 0.1) is 11.7 Å². The lowest BCUT2D eigenvalue weighted by molar-refractivity contribution is -0.119. The number of carbonyl (C=O) groups is 1. The van der Waals surface area contributed by atoms with Crippen molar-refractivity contribution in [3.63, 3.8) is 0 Å². The van der Waals surface area contributed by atoms with E-state index in [-0.39, 0.29) is 17.6 Å². The Labute approximate surface area is 132 Å². The first-order chi connectivity index (χ1) is 10.6. The Morgan fingerprint density at radius 3 is 3.09 bits per heavy atom. The summed E-state index contributed by atoms with van der Waals surface area (Å²) < 4.78 is 15.4. The van der Waals surface area contributed by atoms with E-state index in [1.54, 1.807) is 12.3 Å². The molecular weight excluding hydrogens is 303 g/mol. The number of imidazole rings is 1. The SMILES string of the molecule is Cn1ccnc1Sc1ccc(F)cc1NC(=O)C1CCNC1. The van der Waals surface area contributed by atoms with Gasteiger partial charge in [0.1, 0.15) is 5.82 Å². The maximum absolute atomic E-state index is 13.5. The van der Waals surface area contributed by atoms with Crippen LogP contribution in [-0.2, 0) is 11.8 Å². The second kappa shape index (κ2) is 6.50. The maximum Gasteiger partial charge on any atom is 0.228 e. The van der Waals surface area contributed by atoms with E-state index in [4.69, 9.17) is 0 Å². The molecule has 2 heterocycles. The van der Waals surface area contributed by atoms with E-state index in [1.807, 2.05) is 17.8 Å². The summed E-state index contributed by atoms with van der Waals surface area (Å²) in [6, 6.07) is 4.40. The van der Waals surface area contributed by atoms with Gasteiger partial charge >= 0.3 is 0 Å². The number of nitrogens with one attached hydrogen (secondary N) is 2. The van der Waals surface area contributed by atoms with E-state index < -0.39 is 0 Å². The molecule has 22 heavy (non-hydrogen) atoms. The van der Waals surface area contributed by atoms with Gasteiger partial charge in [-0.25, -0.2) is 9.37 Å². The second-order valence-electron chi connectivity index (χ2n) is 5.24. The number of aromatic nitrogens is 2. The highest BCUT2D eigenvalue weighted by Gasteiger charge is 2.23. The number of rotatable bonds is 4. The highest BCUT2D eigenvalue weighted by molar-refractivity contribution is 7.99. The van der Waals surface area contributed by atoms with Crippen molar-refractivity contribution in [1.29, 1.82) is 0 Å². The molecule has 1 saturated heterocycles. The molecule has 7 heteroatoms. The van der Waals surface area contributed by atoms with Crippen LogP contribution in [0.2, 0.25) is 0 Å². The monoisotopic (exact) mass is 320 g/mol. The van der Waals surface area contributed by atoms with Gasteiger partial charge in [0.15, 0.2) is 5.16 Å². The molecule has 0 saturated carbocycles. The molecule has 0 aliphatic carbocycles. The average Bonchev–Trinajstić information content (AvgIpc) is 3.14. The zero-order valence-electron chi connectivity index (χ0n) is 12.2. The number of carbonyl (C=O) groups excluding carboxylic acids is 1. The van der Waals surface area contributed by atoms with E-state index in [1.165, 1.54) is 23.9 Å². The number of benzene rings is 1. The third-order valence-electron chi connectivity index (χ3n) is 3.61. The molecule has 1 amide bonds. The Bertz CT molecular complexity index is 682. The first-order valence-corrected chi connectivity index (χ1v) is 7.91. The molecule has 2 N–H and O–H groups in total. The highest BCUT2D eigenvalue weighted by atomic mass is 32.2. The summed E-state index contributed by atoms with van der Waals surface area (Å²) in [6.07, 6.45) is 4.35. The van der Waals surface area contributed by atoms with E-state index >= 15 is 0 Å². The topological polar surface area (TPSA) is 59.0 Å². The molecule has 5 nitrogen and oxygen atoms in total. The third kappa shape index (κ3) is 3.31. The largest absolute Gasteiger partial charge is 0.329 e. The predicted octanol–water partition coefficient (Wildman–Crippen LogP) is 2.26. The zero-order valence-corrected chi connectivity index (χ0v) is 13.0. The molecule has 3 rings (SSSR count). The highest BCUT2D eigenvalue weighted by Crippen LogP contribution is 2.33. The Kier molecular flexibility index (Phi) is 4.44. The average molecular weight is 320 g/mol. The smallest absolute Gasteiger partial charge is 0.228 e. The van der Waals surface area contributed by atoms with Crippen LogP contribution < -0.4 is 10.6 Å². The zero-order chi connectivity index (χ0) is 15.5. The molecule has 1 unspecified atom stereocenters. The first-order valence-electron chi connectivity index (χ1n) is 7.10. The summed E-state index contributed by atoms with van der Waals surface area (Å²) in [5.74, 6) is -0.504. The van der Waals surface area contributed by atoms with Crippen LogP contribution in [0.4, 0.5) is 10.1 Å². The molecule has 1 aromatic heterocycles. The lowest BCUT2D eigenvalue weighted by atomic mass is 10.1. The maximum atomic E-state index is 13.5. The Morgan fingerprint density at radius 2 is 2.41 bits per heavy atom. The normalized spacial score (nSPS) is 17.6. The minimum atomic E-state index is -0.371. The van der Waals surface area contributed by atoms with Gasteiger partial charge in [-0.2, -0.15) is 0 Å². The molecule has 2 aromatic rings. The van der Waals surface area contributed by atoms with E-state index in [2.05, 4.69) is 15.6 Å². The van der Waals surface area contributed by atoms with Crippen LogP contribution in [0.5, 0.6) is 0 Å². The Morgan fingerprint density at radius 1 is 1.55 bits per heavy atom. The van der Waals surface area contributed by atoms with Crippen molar-refractivity contribution in [2.75, 3.05) is 18.4 Å². The van der Waals surface area contributed by atoms with Crippen LogP contribution in [0.3, 0.4) is 0 Å². The summed E-state index contributed by atoms with van der Waals surface area (Å²) >= 11 is 1.40. The van der Waals surface area contributed by atoms with Gasteiger partial charge in [-0.1, -0.05) is 0 Å². The molecule has 1 fully saturated rings. The summed E-state index contributed by atoms with van der Waals surface area (Å²) in [5.41, 5.74) is 0.491. The third-order valence-corrected chi connectivity index (χ3v) is 4.76. The Balaban J connectivity index is 1.81. The fraction of sp³-hybridized carbons (Fsp3) is 0.333. The second-order valence-corrected chi connectivity index (χ2v) is 6.25. The fourth-order valence-electron chi connectivity index (χ4n) is 2.35. The number of amides is 1. The number of hydrogen-bond acceptors (Lipinski definition) is 4. The molecule has 116 valence electrons. The summed E-state index contributed by atoms with van der Waals surface area (Å²) in [5, 5.41) is 6.79. The van der Waals surface area contributed by atoms with Gasteiger partial charge in [0.25, 0.3) is 0 Å². The van der Waals surface area contributed by atoms with Gasteiger partial charge in [-0.15, -0.1) is 0 Å². The van der Waals surface area contributed by atoms with Crippen LogP contribution in [-0.4, -0.2) is 28.5 Å². The molecule has 1 aliphatic rings. The quantitative estimate of drug-likeness (QED) is 0.907. The van der Waals surface area contributed by atoms with Gasteiger partial charge in [-0.05, 0) is 42.9 Å². The fourth-order valence-corrected chi connectivity index (χ4v) is 3.22. The minimum absolute atomic E-state index is 0.0609. The molecule has 0 bridgehead atoms. The lowest BCUT2D eigenvalue weighted by Gasteiger charge is -2.13. The number of nitrogens with zero attached hydrogens (tertiary/aromatic N) is 2. The minimum Gasteiger partial charge on any atom is -0.329 e. The summed E-state index contributed by atoms with van der Waals surface area (Å²) in [7, 11) is 1.89. The Hall–Kier alpha value is -1.86. The standard InChI is InChI=1S/C15H17FN4OS/c1-20-7-6-18-15(20)22-13-3-2-11(16)8-12(13)19-14(21)10-4-5-17-9-10/h2-3,6-8,10,17H,4-5,9H2,1H3,(H,19,21). The number of aryl methyl sites for hydroxylation is 1. The van der Waals surface area contributed by atoms with Crippen molar-refractivity contribution >= 4 is 23.4 Å². The molecular formula is C15H17FN4OS.